The van der Waals surface area contributed by atoms with Crippen LogP contribution in [-0.2, 0) is 10.0 Å². The summed E-state index contributed by atoms with van der Waals surface area (Å²) in [5, 5.41) is 2.22. The molecule has 0 spiro atoms. The Morgan fingerprint density at radius 1 is 1.32 bits per heavy atom. The largest absolute Gasteiger partial charge is 0.237 e. The third-order valence-corrected chi connectivity index (χ3v) is 6.42. The Labute approximate surface area is 118 Å². The minimum atomic E-state index is -3.37. The molecule has 0 aliphatic heterocycles. The Morgan fingerprint density at radius 3 is 2.42 bits per heavy atom. The van der Waals surface area contributed by atoms with Gasteiger partial charge in [-0.15, -0.1) is 0 Å². The quantitative estimate of drug-likeness (QED) is 0.488. The zero-order chi connectivity index (χ0) is 14.4. The summed E-state index contributed by atoms with van der Waals surface area (Å²) in [4.78, 5) is 8.56. The Morgan fingerprint density at radius 2 is 1.95 bits per heavy atom. The van der Waals surface area contributed by atoms with Gasteiger partial charge in [0.15, 0.2) is 10.8 Å². The van der Waals surface area contributed by atoms with Crippen molar-refractivity contribution in [3.05, 3.63) is 12.3 Å². The van der Waals surface area contributed by atoms with Crippen molar-refractivity contribution in [3.8, 4) is 0 Å². The van der Waals surface area contributed by atoms with Crippen molar-refractivity contribution in [1.82, 2.24) is 13.9 Å². The second kappa shape index (κ2) is 4.60. The number of hydrogen-bond acceptors (Lipinski definition) is 5. The fourth-order valence-electron chi connectivity index (χ4n) is 1.91. The van der Waals surface area contributed by atoms with Crippen LogP contribution >= 0.6 is 11.8 Å². The van der Waals surface area contributed by atoms with E-state index < -0.39 is 18.1 Å². The Kier molecular flexibility index (Phi) is 3.52. The smallest absolute Gasteiger partial charge is 0.230 e. The third-order valence-electron chi connectivity index (χ3n) is 2.76. The molecule has 5 nitrogen and oxygen atoms in total. The monoisotopic (exact) mass is 315 g/mol. The fraction of sp³-hybridized carbons (Fsp3) is 0.455. The maximum absolute atomic E-state index is 12.1. The molecular formula is C11H17N3O2S2Si. The van der Waals surface area contributed by atoms with Gasteiger partial charge < -0.3 is 0 Å². The van der Waals surface area contributed by atoms with Gasteiger partial charge in [-0.2, -0.15) is 0 Å². The molecule has 0 amide bonds. The molecule has 2 rings (SSSR count). The molecule has 104 valence electrons. The van der Waals surface area contributed by atoms with E-state index in [-0.39, 0.29) is 0 Å². The lowest BCUT2D eigenvalue weighted by atomic mass is 10.4. The highest BCUT2D eigenvalue weighted by Gasteiger charge is 2.27. The van der Waals surface area contributed by atoms with Gasteiger partial charge in [-0.3, -0.25) is 0 Å². The standard InChI is InChI=1S/C11H17N3O2S2Si/c1-17-11-12-7-8-6-9(19(3,4)5)14(10(8)13-11)18(2,15)16/h6-7H,1-5H3. The van der Waals surface area contributed by atoms with Gasteiger partial charge in [-0.1, -0.05) is 31.4 Å². The fourth-order valence-corrected chi connectivity index (χ4v) is 5.74. The van der Waals surface area contributed by atoms with Crippen LogP contribution in [0.15, 0.2) is 17.4 Å². The first-order chi connectivity index (χ1) is 8.64. The normalized spacial score (nSPS) is 13.1. The summed E-state index contributed by atoms with van der Waals surface area (Å²) in [6, 6.07) is 1.91. The van der Waals surface area contributed by atoms with Gasteiger partial charge >= 0.3 is 0 Å². The molecule has 2 heterocycles. The summed E-state index contributed by atoms with van der Waals surface area (Å²) in [5.74, 6) is 0. The van der Waals surface area contributed by atoms with E-state index >= 15 is 0 Å². The second-order valence-electron chi connectivity index (χ2n) is 5.44. The van der Waals surface area contributed by atoms with E-state index in [1.54, 1.807) is 6.20 Å². The number of fused-ring (bicyclic) bond motifs is 1. The topological polar surface area (TPSA) is 64.8 Å². The molecule has 2 aromatic rings. The third kappa shape index (κ3) is 2.70. The molecule has 19 heavy (non-hydrogen) atoms. The van der Waals surface area contributed by atoms with Crippen molar-refractivity contribution in [2.75, 3.05) is 12.5 Å². The zero-order valence-electron chi connectivity index (χ0n) is 11.6. The lowest BCUT2D eigenvalue weighted by molar-refractivity contribution is 0.595. The Bertz CT molecular complexity index is 732. The minimum Gasteiger partial charge on any atom is -0.230 e. The second-order valence-corrected chi connectivity index (χ2v) is 13.1. The molecule has 0 fully saturated rings. The molecule has 2 aromatic heterocycles. The number of hydrogen-bond donors (Lipinski definition) is 0. The van der Waals surface area contributed by atoms with E-state index in [0.29, 0.717) is 10.8 Å². The molecule has 0 unspecified atom stereocenters. The molecule has 0 aromatic carbocycles. The predicted molar refractivity (Wildman–Crippen MR) is 82.5 cm³/mol. The summed E-state index contributed by atoms with van der Waals surface area (Å²) in [6.45, 7) is 6.35. The molecule has 0 radical (unpaired) electrons. The number of thioether (sulfide) groups is 1. The lowest BCUT2D eigenvalue weighted by Gasteiger charge is -2.18. The molecule has 0 saturated heterocycles. The molecule has 0 aliphatic carbocycles. The maximum Gasteiger partial charge on any atom is 0.237 e. The average molecular weight is 315 g/mol. The molecule has 0 N–H and O–H groups in total. The van der Waals surface area contributed by atoms with Crippen LogP contribution in [0.1, 0.15) is 0 Å². The van der Waals surface area contributed by atoms with Crippen LogP contribution in [0.25, 0.3) is 11.0 Å². The van der Waals surface area contributed by atoms with E-state index in [9.17, 15) is 8.42 Å². The van der Waals surface area contributed by atoms with Crippen LogP contribution in [0.5, 0.6) is 0 Å². The molecule has 0 atom stereocenters. The van der Waals surface area contributed by atoms with Crippen LogP contribution in [0, 0.1) is 0 Å². The lowest BCUT2D eigenvalue weighted by Crippen LogP contribution is -2.44. The van der Waals surface area contributed by atoms with Crippen molar-refractivity contribution in [2.24, 2.45) is 0 Å². The van der Waals surface area contributed by atoms with E-state index in [1.165, 1.54) is 22.0 Å². The van der Waals surface area contributed by atoms with E-state index in [1.807, 2.05) is 12.3 Å². The van der Waals surface area contributed by atoms with Gasteiger partial charge in [-0.25, -0.2) is 22.4 Å². The van der Waals surface area contributed by atoms with Gasteiger partial charge in [-0.05, 0) is 12.3 Å². The van der Waals surface area contributed by atoms with Gasteiger partial charge in [0.1, 0.15) is 8.07 Å². The van der Waals surface area contributed by atoms with Gasteiger partial charge in [0, 0.05) is 16.9 Å². The molecule has 8 heteroatoms. The van der Waals surface area contributed by atoms with Crippen molar-refractivity contribution in [2.45, 2.75) is 24.8 Å². The SMILES string of the molecule is CSc1ncc2cc([Si](C)(C)C)n(S(C)(=O)=O)c2n1. The molecule has 0 aliphatic rings. The number of rotatable bonds is 3. The summed E-state index contributed by atoms with van der Waals surface area (Å²) in [7, 11) is -5.16. The number of nitrogens with zero attached hydrogens (tertiary/aromatic N) is 3. The summed E-state index contributed by atoms with van der Waals surface area (Å²) >= 11 is 1.40. The van der Waals surface area contributed by atoms with E-state index in [0.717, 1.165) is 10.7 Å². The molecule has 0 saturated carbocycles. The summed E-state index contributed by atoms with van der Waals surface area (Å²) in [6.07, 6.45) is 4.78. The summed E-state index contributed by atoms with van der Waals surface area (Å²) in [5.41, 5.74) is 0.485. The molecular weight excluding hydrogens is 298 g/mol. The van der Waals surface area contributed by atoms with E-state index in [2.05, 4.69) is 29.6 Å². The van der Waals surface area contributed by atoms with E-state index in [4.69, 9.17) is 0 Å². The van der Waals surface area contributed by atoms with Crippen molar-refractivity contribution < 1.29 is 8.42 Å². The molecule has 0 bridgehead atoms. The first kappa shape index (κ1) is 14.5. The predicted octanol–water partition coefficient (Wildman–Crippen LogP) is 1.51. The van der Waals surface area contributed by atoms with Crippen molar-refractivity contribution in [3.63, 3.8) is 0 Å². The number of aromatic nitrogens is 3. The van der Waals surface area contributed by atoms with Crippen molar-refractivity contribution >= 4 is 46.2 Å². The first-order valence-electron chi connectivity index (χ1n) is 5.78. The van der Waals surface area contributed by atoms with Gasteiger partial charge in [0.2, 0.25) is 10.0 Å². The van der Waals surface area contributed by atoms with Gasteiger partial charge in [0.05, 0.1) is 6.26 Å². The van der Waals surface area contributed by atoms with Crippen molar-refractivity contribution in [1.29, 1.82) is 0 Å². The Balaban J connectivity index is 2.92. The maximum atomic E-state index is 12.1. The zero-order valence-corrected chi connectivity index (χ0v) is 14.3. The van der Waals surface area contributed by atoms with Crippen LogP contribution in [0.2, 0.25) is 19.6 Å². The minimum absolute atomic E-state index is 0.485. The highest BCUT2D eigenvalue weighted by Crippen LogP contribution is 2.19. The van der Waals surface area contributed by atoms with Crippen LogP contribution in [0.4, 0.5) is 0 Å². The Hall–Kier alpha value is -0.863. The highest BCUT2D eigenvalue weighted by molar-refractivity contribution is 7.98. The van der Waals surface area contributed by atoms with Gasteiger partial charge in [0.25, 0.3) is 0 Å². The average Bonchev–Trinajstić information content (AvgIpc) is 2.66. The van der Waals surface area contributed by atoms with Crippen LogP contribution in [-0.4, -0.2) is 42.9 Å². The van der Waals surface area contributed by atoms with Crippen LogP contribution < -0.4 is 5.32 Å². The highest BCUT2D eigenvalue weighted by atomic mass is 32.2. The summed E-state index contributed by atoms with van der Waals surface area (Å²) < 4.78 is 25.6. The van der Waals surface area contributed by atoms with Crippen LogP contribution in [0.3, 0.4) is 0 Å². The first-order valence-corrected chi connectivity index (χ1v) is 12.4.